The van der Waals surface area contributed by atoms with E-state index in [2.05, 4.69) is 23.8 Å². The predicted octanol–water partition coefficient (Wildman–Crippen LogP) is 0.411. The Bertz CT molecular complexity index is 242. The Morgan fingerprint density at radius 1 is 1.41 bits per heavy atom. The van der Waals surface area contributed by atoms with Gasteiger partial charge in [0.25, 0.3) is 0 Å². The molecule has 0 aromatic carbocycles. The summed E-state index contributed by atoms with van der Waals surface area (Å²) in [5.74, 6) is 0. The van der Waals surface area contributed by atoms with Gasteiger partial charge in [-0.25, -0.2) is 0 Å². The Morgan fingerprint density at radius 2 is 2.24 bits per heavy atom. The first-order chi connectivity index (χ1) is 8.19. The van der Waals surface area contributed by atoms with Crippen molar-refractivity contribution in [2.75, 3.05) is 53.0 Å². The van der Waals surface area contributed by atoms with E-state index in [4.69, 9.17) is 4.74 Å². The molecule has 0 bridgehead atoms. The van der Waals surface area contributed by atoms with Crippen molar-refractivity contribution in [3.05, 3.63) is 0 Å². The van der Waals surface area contributed by atoms with Gasteiger partial charge in [-0.3, -0.25) is 4.90 Å². The minimum Gasteiger partial charge on any atom is -0.396 e. The fourth-order valence-electron chi connectivity index (χ4n) is 3.02. The molecule has 2 heterocycles. The summed E-state index contributed by atoms with van der Waals surface area (Å²) in [5.41, 5.74) is 0.00814. The molecule has 2 fully saturated rings. The molecule has 0 amide bonds. The van der Waals surface area contributed by atoms with Crippen LogP contribution in [0.4, 0.5) is 0 Å². The highest BCUT2D eigenvalue weighted by molar-refractivity contribution is 4.89. The normalized spacial score (nSPS) is 36.5. The van der Waals surface area contributed by atoms with Crippen LogP contribution in [0.2, 0.25) is 0 Å². The summed E-state index contributed by atoms with van der Waals surface area (Å²) >= 11 is 0. The van der Waals surface area contributed by atoms with Crippen LogP contribution >= 0.6 is 0 Å². The maximum absolute atomic E-state index is 9.61. The van der Waals surface area contributed by atoms with E-state index in [1.54, 1.807) is 0 Å². The van der Waals surface area contributed by atoms with E-state index in [-0.39, 0.29) is 12.0 Å². The molecule has 4 nitrogen and oxygen atoms in total. The number of likely N-dealkylation sites (N-methyl/N-ethyl adjacent to an activating group) is 1. The van der Waals surface area contributed by atoms with Crippen LogP contribution in [0.3, 0.4) is 0 Å². The number of aliphatic hydroxyl groups is 1. The Morgan fingerprint density at radius 3 is 2.82 bits per heavy atom. The Hall–Kier alpha value is -0.160. The van der Waals surface area contributed by atoms with E-state index >= 15 is 0 Å². The zero-order valence-corrected chi connectivity index (χ0v) is 11.2. The first-order valence-corrected chi connectivity index (χ1v) is 6.80. The highest BCUT2D eigenvalue weighted by atomic mass is 16.5. The number of hydrogen-bond donors (Lipinski definition) is 1. The lowest BCUT2D eigenvalue weighted by molar-refractivity contribution is 0.0226. The first-order valence-electron chi connectivity index (χ1n) is 6.80. The van der Waals surface area contributed by atoms with Crippen molar-refractivity contribution in [1.82, 2.24) is 9.80 Å². The van der Waals surface area contributed by atoms with Crippen LogP contribution in [0.5, 0.6) is 0 Å². The summed E-state index contributed by atoms with van der Waals surface area (Å²) in [6, 6.07) is 0.668. The molecule has 0 aromatic heterocycles. The van der Waals surface area contributed by atoms with Gasteiger partial charge in [0.1, 0.15) is 0 Å². The smallest absolute Gasteiger partial charge is 0.0557 e. The summed E-state index contributed by atoms with van der Waals surface area (Å²) in [4.78, 5) is 4.96. The van der Waals surface area contributed by atoms with Gasteiger partial charge in [0.05, 0.1) is 13.2 Å². The number of ether oxygens (including phenoxy) is 1. The van der Waals surface area contributed by atoms with Crippen molar-refractivity contribution in [2.24, 2.45) is 5.41 Å². The molecule has 0 spiro atoms. The maximum atomic E-state index is 9.61. The molecule has 100 valence electrons. The fraction of sp³-hybridized carbons (Fsp3) is 1.00. The largest absolute Gasteiger partial charge is 0.396 e. The highest BCUT2D eigenvalue weighted by Crippen LogP contribution is 2.29. The third kappa shape index (κ3) is 2.99. The first kappa shape index (κ1) is 13.3. The quantitative estimate of drug-likeness (QED) is 0.775. The Kier molecular flexibility index (Phi) is 4.42. The number of aliphatic hydroxyl groups excluding tert-OH is 1. The van der Waals surface area contributed by atoms with E-state index in [0.29, 0.717) is 6.04 Å². The minimum absolute atomic E-state index is 0.00814. The van der Waals surface area contributed by atoms with Crippen molar-refractivity contribution >= 4 is 0 Å². The summed E-state index contributed by atoms with van der Waals surface area (Å²) in [7, 11) is 2.21. The number of nitrogens with zero attached hydrogens (tertiary/aromatic N) is 2. The average Bonchev–Trinajstić information content (AvgIpc) is 2.81. The van der Waals surface area contributed by atoms with Crippen LogP contribution in [0.15, 0.2) is 0 Å². The van der Waals surface area contributed by atoms with E-state index in [1.807, 2.05) is 0 Å². The number of rotatable bonds is 4. The second kappa shape index (κ2) is 5.65. The molecule has 2 aliphatic rings. The highest BCUT2D eigenvalue weighted by Gasteiger charge is 2.37. The van der Waals surface area contributed by atoms with Gasteiger partial charge < -0.3 is 14.7 Å². The molecule has 4 heteroatoms. The van der Waals surface area contributed by atoms with Crippen LogP contribution < -0.4 is 0 Å². The molecule has 0 radical (unpaired) electrons. The predicted molar refractivity (Wildman–Crippen MR) is 68.1 cm³/mol. The lowest BCUT2D eigenvalue weighted by Gasteiger charge is -2.42. The SMILES string of the molecule is CCC1CN(CC2(CO)CCOC2)CCN1C. The topological polar surface area (TPSA) is 35.9 Å². The molecule has 2 atom stereocenters. The van der Waals surface area contributed by atoms with Gasteiger partial charge in [0.15, 0.2) is 0 Å². The van der Waals surface area contributed by atoms with Gasteiger partial charge in [-0.15, -0.1) is 0 Å². The van der Waals surface area contributed by atoms with Crippen LogP contribution in [-0.2, 0) is 4.74 Å². The fourth-order valence-corrected chi connectivity index (χ4v) is 3.02. The van der Waals surface area contributed by atoms with Gasteiger partial charge >= 0.3 is 0 Å². The van der Waals surface area contributed by atoms with E-state index < -0.39 is 0 Å². The second-order valence-electron chi connectivity index (χ2n) is 5.74. The molecule has 2 rings (SSSR count). The molecule has 2 aliphatic heterocycles. The summed E-state index contributed by atoms with van der Waals surface area (Å²) in [6.45, 7) is 8.44. The molecular weight excluding hydrogens is 216 g/mol. The lowest BCUT2D eigenvalue weighted by Crippen LogP contribution is -2.54. The lowest BCUT2D eigenvalue weighted by atomic mass is 9.87. The maximum Gasteiger partial charge on any atom is 0.0557 e. The Balaban J connectivity index is 1.90. The Labute approximate surface area is 105 Å². The number of piperazine rings is 1. The van der Waals surface area contributed by atoms with Crippen LogP contribution in [-0.4, -0.2) is 74.0 Å². The van der Waals surface area contributed by atoms with E-state index in [1.165, 1.54) is 6.42 Å². The molecule has 1 N–H and O–H groups in total. The van der Waals surface area contributed by atoms with Crippen molar-refractivity contribution in [1.29, 1.82) is 0 Å². The standard InChI is InChI=1S/C13H26N2O2/c1-3-12-8-15(6-5-14(12)2)9-13(10-16)4-7-17-11-13/h12,16H,3-11H2,1-2H3. The molecule has 0 aromatic rings. The molecule has 0 saturated carbocycles. The monoisotopic (exact) mass is 242 g/mol. The van der Waals surface area contributed by atoms with Gasteiger partial charge in [0, 0.05) is 44.2 Å². The molecule has 17 heavy (non-hydrogen) atoms. The molecule has 0 aliphatic carbocycles. The minimum atomic E-state index is 0.00814. The summed E-state index contributed by atoms with van der Waals surface area (Å²) in [5, 5.41) is 9.61. The van der Waals surface area contributed by atoms with E-state index in [0.717, 1.165) is 45.8 Å². The van der Waals surface area contributed by atoms with Crippen molar-refractivity contribution in [3.8, 4) is 0 Å². The van der Waals surface area contributed by atoms with E-state index in [9.17, 15) is 5.11 Å². The number of hydrogen-bond acceptors (Lipinski definition) is 4. The zero-order valence-electron chi connectivity index (χ0n) is 11.2. The van der Waals surface area contributed by atoms with Crippen molar-refractivity contribution < 1.29 is 9.84 Å². The van der Waals surface area contributed by atoms with Crippen LogP contribution in [0.1, 0.15) is 19.8 Å². The molecular formula is C13H26N2O2. The van der Waals surface area contributed by atoms with Gasteiger partial charge in [-0.2, -0.15) is 0 Å². The van der Waals surface area contributed by atoms with Crippen LogP contribution in [0.25, 0.3) is 0 Å². The van der Waals surface area contributed by atoms with Crippen molar-refractivity contribution in [2.45, 2.75) is 25.8 Å². The van der Waals surface area contributed by atoms with Gasteiger partial charge in [-0.05, 0) is 19.9 Å². The zero-order chi connectivity index (χ0) is 12.3. The third-order valence-electron chi connectivity index (χ3n) is 4.41. The van der Waals surface area contributed by atoms with Gasteiger partial charge in [-0.1, -0.05) is 6.92 Å². The second-order valence-corrected chi connectivity index (χ2v) is 5.74. The third-order valence-corrected chi connectivity index (χ3v) is 4.41. The van der Waals surface area contributed by atoms with Crippen LogP contribution in [0, 0.1) is 5.41 Å². The summed E-state index contributed by atoms with van der Waals surface area (Å²) < 4.78 is 5.47. The molecule has 2 unspecified atom stereocenters. The average molecular weight is 242 g/mol. The molecule has 2 saturated heterocycles. The van der Waals surface area contributed by atoms with Crippen molar-refractivity contribution in [3.63, 3.8) is 0 Å². The van der Waals surface area contributed by atoms with Gasteiger partial charge in [0.2, 0.25) is 0 Å². The summed E-state index contributed by atoms with van der Waals surface area (Å²) in [6.07, 6.45) is 2.21.